The van der Waals surface area contributed by atoms with Gasteiger partial charge in [-0.2, -0.15) is 9.97 Å². The predicted molar refractivity (Wildman–Crippen MR) is 131 cm³/mol. The minimum Gasteiger partial charge on any atom is -0.463 e. The van der Waals surface area contributed by atoms with Gasteiger partial charge in [-0.1, -0.05) is 0 Å². The van der Waals surface area contributed by atoms with Gasteiger partial charge in [0.2, 0.25) is 0 Å². The average Bonchev–Trinajstić information content (AvgIpc) is 2.85. The third-order valence-corrected chi connectivity index (χ3v) is 6.62. The van der Waals surface area contributed by atoms with E-state index in [1.807, 2.05) is 11.0 Å². The number of nitrogens with one attached hydrogen (secondary N) is 1. The normalized spacial score (nSPS) is 20.9. The van der Waals surface area contributed by atoms with Crippen LogP contribution in [0, 0.1) is 5.92 Å². The number of hydrogen-bond acceptors (Lipinski definition) is 9. The molecule has 0 bridgehead atoms. The molecule has 194 valence electrons. The van der Waals surface area contributed by atoms with Crippen molar-refractivity contribution < 1.29 is 23.8 Å². The zero-order chi connectivity index (χ0) is 25.8. The number of alkyl halides is 1. The number of rotatable bonds is 9. The molecule has 2 fully saturated rings. The molecule has 12 heteroatoms. The number of anilines is 2. The number of ether oxygens (including phenoxy) is 1. The van der Waals surface area contributed by atoms with Crippen LogP contribution in [-0.4, -0.2) is 70.4 Å². The molecule has 0 radical (unpaired) electrons. The van der Waals surface area contributed by atoms with Crippen LogP contribution in [0.5, 0.6) is 6.01 Å². The number of piperidine rings is 1. The predicted octanol–water partition coefficient (Wildman–Crippen LogP) is 1.17. The van der Waals surface area contributed by atoms with Crippen LogP contribution in [0.25, 0.3) is 0 Å². The molecule has 1 aliphatic heterocycles. The van der Waals surface area contributed by atoms with Crippen molar-refractivity contribution in [1.82, 2.24) is 20.3 Å². The van der Waals surface area contributed by atoms with E-state index in [1.165, 1.54) is 0 Å². The Balaban J connectivity index is 1.48. The van der Waals surface area contributed by atoms with E-state index in [-0.39, 0.29) is 48.1 Å². The Labute approximate surface area is 208 Å². The summed E-state index contributed by atoms with van der Waals surface area (Å²) in [6.45, 7) is 3.01. The number of pyridine rings is 1. The Morgan fingerprint density at radius 3 is 2.61 bits per heavy atom. The van der Waals surface area contributed by atoms with Gasteiger partial charge in [-0.15, -0.1) is 0 Å². The van der Waals surface area contributed by atoms with Gasteiger partial charge in [0.1, 0.15) is 17.7 Å². The van der Waals surface area contributed by atoms with E-state index < -0.39 is 24.0 Å². The topological polar surface area (TPSA) is 170 Å². The van der Waals surface area contributed by atoms with Gasteiger partial charge in [0.05, 0.1) is 18.9 Å². The fourth-order valence-corrected chi connectivity index (χ4v) is 4.40. The van der Waals surface area contributed by atoms with Gasteiger partial charge in [-0.25, -0.2) is 9.37 Å². The first-order valence-electron chi connectivity index (χ1n) is 12.1. The maximum atomic E-state index is 13.2. The number of nitrogens with two attached hydrogens (primary N) is 2. The van der Waals surface area contributed by atoms with E-state index in [1.54, 1.807) is 19.1 Å². The Kier molecular flexibility index (Phi) is 7.82. The lowest BCUT2D eigenvalue weighted by Crippen LogP contribution is -2.37. The highest BCUT2D eigenvalue weighted by Gasteiger charge is 2.30. The fraction of sp³-hybridized carbons (Fsp3) is 0.542. The molecular weight excluding hydrogens is 469 g/mol. The number of amides is 2. The number of halogens is 1. The molecule has 0 aromatic carbocycles. The molecule has 2 amide bonds. The number of aliphatic hydroxyl groups excluding tert-OH is 1. The van der Waals surface area contributed by atoms with Gasteiger partial charge in [-0.3, -0.25) is 9.59 Å². The zero-order valence-corrected chi connectivity index (χ0v) is 20.2. The Hall–Kier alpha value is -3.54. The van der Waals surface area contributed by atoms with Gasteiger partial charge >= 0.3 is 6.01 Å². The smallest absolute Gasteiger partial charge is 0.319 e. The molecule has 1 saturated heterocycles. The lowest BCUT2D eigenvalue weighted by atomic mass is 9.84. The van der Waals surface area contributed by atoms with E-state index in [9.17, 15) is 19.1 Å². The molecule has 6 N–H and O–H groups in total. The van der Waals surface area contributed by atoms with Crippen molar-refractivity contribution in [2.75, 3.05) is 36.9 Å². The molecule has 0 spiro atoms. The summed E-state index contributed by atoms with van der Waals surface area (Å²) in [6.07, 6.45) is 1.58. The summed E-state index contributed by atoms with van der Waals surface area (Å²) in [4.78, 5) is 39.5. The summed E-state index contributed by atoms with van der Waals surface area (Å²) in [5, 5.41) is 12.0. The zero-order valence-electron chi connectivity index (χ0n) is 20.2. The number of carbonyl (C=O) groups excluding carboxylic acids is 2. The minimum absolute atomic E-state index is 0.0602. The second-order valence-corrected chi connectivity index (χ2v) is 9.50. The quantitative estimate of drug-likeness (QED) is 0.394. The average molecular weight is 502 g/mol. The number of aliphatic hydroxyl groups is 1. The fourth-order valence-electron chi connectivity index (χ4n) is 4.40. The van der Waals surface area contributed by atoms with Crippen LogP contribution in [-0.2, 0) is 0 Å². The van der Waals surface area contributed by atoms with Crippen molar-refractivity contribution >= 4 is 23.3 Å². The molecule has 1 atom stereocenters. The van der Waals surface area contributed by atoms with Crippen molar-refractivity contribution in [2.45, 2.75) is 50.7 Å². The molecule has 2 aromatic heterocycles. The van der Waals surface area contributed by atoms with Crippen LogP contribution in [0.1, 0.15) is 65.2 Å². The molecule has 11 nitrogen and oxygen atoms in total. The van der Waals surface area contributed by atoms with E-state index in [4.69, 9.17) is 16.2 Å². The van der Waals surface area contributed by atoms with Crippen molar-refractivity contribution in [3.8, 4) is 6.01 Å². The van der Waals surface area contributed by atoms with Crippen molar-refractivity contribution in [2.24, 2.45) is 11.7 Å². The van der Waals surface area contributed by atoms with Crippen LogP contribution in [0.2, 0.25) is 0 Å². The van der Waals surface area contributed by atoms with Gasteiger partial charge < -0.3 is 31.5 Å². The monoisotopic (exact) mass is 501 g/mol. The first kappa shape index (κ1) is 25.5. The SMILES string of the molecule is C[C@H](CO)NC(=O)c1cc(N2CCC(c3ccc(N)c(C(N)=O)n3)CC2)nc(OC[C@H]2C[C@H](F)C2)n1. The molecule has 1 aliphatic carbocycles. The van der Waals surface area contributed by atoms with Crippen LogP contribution in [0.4, 0.5) is 15.9 Å². The lowest BCUT2D eigenvalue weighted by Gasteiger charge is -2.33. The summed E-state index contributed by atoms with van der Waals surface area (Å²) < 4.78 is 18.9. The summed E-state index contributed by atoms with van der Waals surface area (Å²) in [7, 11) is 0. The summed E-state index contributed by atoms with van der Waals surface area (Å²) in [5.41, 5.74) is 12.4. The standard InChI is InChI=1S/C24H32FN7O4/c1-13(11-33)28-23(35)19-10-20(31-24(30-19)36-12-14-8-16(25)9-14)32-6-4-15(5-7-32)18-3-2-17(26)21(29-18)22(27)34/h2-3,10,13-16,33H,4-9,11-12,26H2,1H3,(H2,27,34)(H,28,35)/t13-,14-,16-/m1/s1. The largest absolute Gasteiger partial charge is 0.463 e. The number of nitrogen functional groups attached to an aromatic ring is 1. The second-order valence-electron chi connectivity index (χ2n) is 9.50. The van der Waals surface area contributed by atoms with Gasteiger partial charge in [0, 0.05) is 36.8 Å². The number of nitrogens with zero attached hydrogens (tertiary/aromatic N) is 4. The summed E-state index contributed by atoms with van der Waals surface area (Å²) in [6, 6.07) is 4.68. The molecule has 4 rings (SSSR count). The maximum absolute atomic E-state index is 13.2. The summed E-state index contributed by atoms with van der Waals surface area (Å²) in [5.74, 6) is -0.353. The highest BCUT2D eigenvalue weighted by molar-refractivity contribution is 5.95. The number of primary amides is 1. The van der Waals surface area contributed by atoms with E-state index in [2.05, 4.69) is 20.3 Å². The molecule has 0 unspecified atom stereocenters. The Morgan fingerprint density at radius 1 is 1.25 bits per heavy atom. The Morgan fingerprint density at radius 2 is 1.97 bits per heavy atom. The van der Waals surface area contributed by atoms with Crippen LogP contribution in [0.15, 0.2) is 18.2 Å². The highest BCUT2D eigenvalue weighted by atomic mass is 19.1. The lowest BCUT2D eigenvalue weighted by molar-refractivity contribution is 0.0816. The first-order valence-corrected chi connectivity index (χ1v) is 12.1. The van der Waals surface area contributed by atoms with Gasteiger partial charge in [-0.05, 0) is 50.7 Å². The maximum Gasteiger partial charge on any atom is 0.319 e. The van der Waals surface area contributed by atoms with Crippen LogP contribution >= 0.6 is 0 Å². The number of aromatic nitrogens is 3. The number of carbonyl (C=O) groups is 2. The van der Waals surface area contributed by atoms with Crippen molar-refractivity contribution in [3.05, 3.63) is 35.3 Å². The van der Waals surface area contributed by atoms with Crippen molar-refractivity contribution in [3.63, 3.8) is 0 Å². The first-order chi connectivity index (χ1) is 17.2. The van der Waals surface area contributed by atoms with E-state index >= 15 is 0 Å². The van der Waals surface area contributed by atoms with Crippen molar-refractivity contribution in [1.29, 1.82) is 0 Å². The Bertz CT molecular complexity index is 1100. The van der Waals surface area contributed by atoms with Gasteiger partial charge in [0.25, 0.3) is 11.8 Å². The molecule has 2 aliphatic rings. The van der Waals surface area contributed by atoms with E-state index in [0.717, 1.165) is 18.5 Å². The molecular formula is C24H32FN7O4. The molecule has 1 saturated carbocycles. The third-order valence-electron chi connectivity index (χ3n) is 6.62. The van der Waals surface area contributed by atoms with Gasteiger partial charge in [0.15, 0.2) is 5.69 Å². The molecule has 2 aromatic rings. The summed E-state index contributed by atoms with van der Waals surface area (Å²) >= 11 is 0. The minimum atomic E-state index is -0.789. The molecule has 36 heavy (non-hydrogen) atoms. The third kappa shape index (κ3) is 5.99. The number of hydrogen-bond donors (Lipinski definition) is 4. The van der Waals surface area contributed by atoms with Crippen LogP contribution in [0.3, 0.4) is 0 Å². The molecule has 3 heterocycles. The highest BCUT2D eigenvalue weighted by Crippen LogP contribution is 2.32. The van der Waals surface area contributed by atoms with Crippen LogP contribution < -0.4 is 26.4 Å². The second kappa shape index (κ2) is 11.0. The van der Waals surface area contributed by atoms with E-state index in [0.29, 0.717) is 31.7 Å².